The molecule has 1 N–H and O–H groups in total. The molecule has 0 atom stereocenters. The minimum Gasteiger partial charge on any atom is -0.486 e. The Bertz CT molecular complexity index is 1460. The Morgan fingerprint density at radius 1 is 1.14 bits per heavy atom. The van der Waals surface area contributed by atoms with Gasteiger partial charge in [-0.2, -0.15) is 0 Å². The Hall–Kier alpha value is -3.76. The maximum Gasteiger partial charge on any atom is 0.278 e. The zero-order valence-electron chi connectivity index (χ0n) is 20.0. The van der Waals surface area contributed by atoms with Crippen LogP contribution in [0.1, 0.15) is 0 Å². The van der Waals surface area contributed by atoms with Crippen LogP contribution in [0.15, 0.2) is 64.7 Å². The Morgan fingerprint density at radius 2 is 1.92 bits per heavy atom. The van der Waals surface area contributed by atoms with Gasteiger partial charge in [-0.15, -0.1) is 0 Å². The Balaban J connectivity index is 1.43. The molecule has 1 amide bonds. The molecule has 0 spiro atoms. The number of fused-ring (bicyclic) bond motifs is 2. The highest BCUT2D eigenvalue weighted by atomic mass is 32.2. The van der Waals surface area contributed by atoms with Crippen molar-refractivity contribution in [2.45, 2.75) is 11.7 Å². The van der Waals surface area contributed by atoms with E-state index in [0.717, 1.165) is 11.1 Å². The van der Waals surface area contributed by atoms with E-state index in [1.54, 1.807) is 34.4 Å². The summed E-state index contributed by atoms with van der Waals surface area (Å²) in [7, 11) is 3.42. The number of hydrogen-bond acceptors (Lipinski definition) is 7. The fraction of sp³-hybridized carbons (Fsp3) is 0.269. The number of rotatable bonds is 8. The monoisotopic (exact) mass is 506 g/mol. The molecule has 0 radical (unpaired) electrons. The van der Waals surface area contributed by atoms with Crippen LogP contribution >= 0.6 is 11.8 Å². The van der Waals surface area contributed by atoms with Gasteiger partial charge in [-0.05, 0) is 17.7 Å². The number of methoxy groups -OCH3 is 1. The summed E-state index contributed by atoms with van der Waals surface area (Å²) in [5, 5.41) is 3.34. The van der Waals surface area contributed by atoms with E-state index >= 15 is 0 Å². The quantitative estimate of drug-likeness (QED) is 0.288. The second kappa shape index (κ2) is 10.5. The third-order valence-corrected chi connectivity index (χ3v) is 6.78. The lowest BCUT2D eigenvalue weighted by molar-refractivity contribution is -0.113. The molecule has 36 heavy (non-hydrogen) atoms. The first-order chi connectivity index (χ1) is 17.5. The molecule has 1 aliphatic rings. The van der Waals surface area contributed by atoms with Crippen LogP contribution in [0.3, 0.4) is 0 Å². The molecule has 10 heteroatoms. The van der Waals surface area contributed by atoms with Gasteiger partial charge in [0.05, 0.1) is 18.9 Å². The number of aromatic nitrogens is 3. The van der Waals surface area contributed by atoms with Crippen LogP contribution in [0, 0.1) is 0 Å². The molecule has 186 valence electrons. The highest BCUT2D eigenvalue weighted by Gasteiger charge is 2.20. The average Bonchev–Trinajstić information content (AvgIpc) is 3.23. The van der Waals surface area contributed by atoms with Crippen LogP contribution in [0.4, 0.5) is 5.69 Å². The number of hydrogen-bond donors (Lipinski definition) is 1. The smallest absolute Gasteiger partial charge is 0.278 e. The summed E-state index contributed by atoms with van der Waals surface area (Å²) in [6.07, 6.45) is 1.91. The van der Waals surface area contributed by atoms with Gasteiger partial charge in [-0.25, -0.2) is 4.98 Å². The summed E-state index contributed by atoms with van der Waals surface area (Å²) in [4.78, 5) is 31.1. The van der Waals surface area contributed by atoms with Crippen molar-refractivity contribution < 1.29 is 19.0 Å². The van der Waals surface area contributed by atoms with Crippen LogP contribution < -0.4 is 20.3 Å². The first kappa shape index (κ1) is 24.0. The van der Waals surface area contributed by atoms with Crippen molar-refractivity contribution >= 4 is 34.4 Å². The lowest BCUT2D eigenvalue weighted by Crippen LogP contribution is -2.27. The molecule has 0 unspecified atom stereocenters. The van der Waals surface area contributed by atoms with Gasteiger partial charge in [0.25, 0.3) is 5.56 Å². The molecular formula is C26H26N4O5S. The molecule has 5 rings (SSSR count). The lowest BCUT2D eigenvalue weighted by Gasteiger charge is -2.19. The molecule has 4 aromatic rings. The number of carbonyl (C=O) groups excluding carboxylic acids is 1. The molecule has 0 saturated carbocycles. The Morgan fingerprint density at radius 3 is 2.69 bits per heavy atom. The molecule has 1 aliphatic heterocycles. The van der Waals surface area contributed by atoms with Crippen molar-refractivity contribution in [2.75, 3.05) is 38.0 Å². The van der Waals surface area contributed by atoms with Crippen molar-refractivity contribution in [2.24, 2.45) is 7.05 Å². The first-order valence-electron chi connectivity index (χ1n) is 11.5. The molecule has 0 aliphatic carbocycles. The minimum absolute atomic E-state index is 0.0763. The maximum absolute atomic E-state index is 13.5. The number of amides is 1. The minimum atomic E-state index is -0.222. The van der Waals surface area contributed by atoms with E-state index in [-0.39, 0.29) is 17.2 Å². The highest BCUT2D eigenvalue weighted by molar-refractivity contribution is 7.99. The van der Waals surface area contributed by atoms with Gasteiger partial charge in [0, 0.05) is 37.7 Å². The average molecular weight is 507 g/mol. The van der Waals surface area contributed by atoms with Crippen molar-refractivity contribution in [3.8, 4) is 22.6 Å². The van der Waals surface area contributed by atoms with Gasteiger partial charge >= 0.3 is 0 Å². The van der Waals surface area contributed by atoms with Gasteiger partial charge in [0.1, 0.15) is 24.2 Å². The third kappa shape index (κ3) is 4.82. The molecule has 0 bridgehead atoms. The van der Waals surface area contributed by atoms with Gasteiger partial charge in [-0.3, -0.25) is 14.2 Å². The molecule has 2 aromatic heterocycles. The van der Waals surface area contributed by atoms with Gasteiger partial charge in [-0.1, -0.05) is 42.1 Å². The van der Waals surface area contributed by atoms with Crippen LogP contribution in [0.5, 0.6) is 11.5 Å². The largest absolute Gasteiger partial charge is 0.486 e. The van der Waals surface area contributed by atoms with Crippen LogP contribution in [0.25, 0.3) is 22.2 Å². The van der Waals surface area contributed by atoms with Crippen LogP contribution in [-0.2, 0) is 23.1 Å². The third-order valence-electron chi connectivity index (χ3n) is 5.80. The summed E-state index contributed by atoms with van der Waals surface area (Å²) < 4.78 is 19.7. The summed E-state index contributed by atoms with van der Waals surface area (Å²) >= 11 is 1.21. The Labute approximate surface area is 212 Å². The van der Waals surface area contributed by atoms with E-state index in [0.29, 0.717) is 59.7 Å². The number of nitrogens with zero attached hydrogens (tertiary/aromatic N) is 3. The zero-order chi connectivity index (χ0) is 25.1. The summed E-state index contributed by atoms with van der Waals surface area (Å²) in [5.41, 5.74) is 3.40. The SMILES string of the molecule is COCCn1c(SCC(=O)Nc2ccc3c(c2)OCCO3)nc2c(-c3ccccc3)cn(C)c2c1=O. The maximum atomic E-state index is 13.5. The topological polar surface area (TPSA) is 96.6 Å². The highest BCUT2D eigenvalue weighted by Crippen LogP contribution is 2.33. The van der Waals surface area contributed by atoms with E-state index in [2.05, 4.69) is 5.32 Å². The van der Waals surface area contributed by atoms with Crippen molar-refractivity contribution in [3.63, 3.8) is 0 Å². The number of aryl methyl sites for hydroxylation is 1. The van der Waals surface area contributed by atoms with Crippen molar-refractivity contribution in [1.82, 2.24) is 14.1 Å². The second-order valence-electron chi connectivity index (χ2n) is 8.26. The second-order valence-corrected chi connectivity index (χ2v) is 9.20. The van der Waals surface area contributed by atoms with E-state index in [4.69, 9.17) is 19.2 Å². The van der Waals surface area contributed by atoms with Crippen molar-refractivity contribution in [1.29, 1.82) is 0 Å². The lowest BCUT2D eigenvalue weighted by atomic mass is 10.1. The normalized spacial score (nSPS) is 12.6. The van der Waals surface area contributed by atoms with E-state index in [9.17, 15) is 9.59 Å². The summed E-state index contributed by atoms with van der Waals surface area (Å²) in [5.74, 6) is 1.11. The molecule has 0 fully saturated rings. The fourth-order valence-corrected chi connectivity index (χ4v) is 4.94. The number of ether oxygens (including phenoxy) is 3. The molecule has 3 heterocycles. The van der Waals surface area contributed by atoms with Crippen LogP contribution in [0.2, 0.25) is 0 Å². The molecule has 2 aromatic carbocycles. The Kier molecular flexibility index (Phi) is 6.97. The van der Waals surface area contributed by atoms with E-state index in [1.165, 1.54) is 11.8 Å². The van der Waals surface area contributed by atoms with Crippen molar-refractivity contribution in [3.05, 3.63) is 65.1 Å². The summed E-state index contributed by atoms with van der Waals surface area (Å²) in [6.45, 7) is 1.65. The fourth-order valence-electron chi connectivity index (χ4n) is 4.12. The molecule has 9 nitrogen and oxygen atoms in total. The number of anilines is 1. The zero-order valence-corrected chi connectivity index (χ0v) is 20.8. The van der Waals surface area contributed by atoms with Gasteiger partial charge in [0.15, 0.2) is 16.7 Å². The van der Waals surface area contributed by atoms with Gasteiger partial charge in [0.2, 0.25) is 5.91 Å². The number of carbonyl (C=O) groups is 1. The predicted molar refractivity (Wildman–Crippen MR) is 139 cm³/mol. The molecule has 0 saturated heterocycles. The number of thioether (sulfide) groups is 1. The number of benzene rings is 2. The standard InChI is InChI=1S/C26H26N4O5S/c1-29-15-19(17-6-4-3-5-7-17)23-24(29)25(32)30(10-11-33-2)26(28-23)36-16-22(31)27-18-8-9-20-21(14-18)35-13-12-34-20/h3-9,14-15H,10-13,16H2,1-2H3,(H,27,31). The number of nitrogens with one attached hydrogen (secondary N) is 1. The van der Waals surface area contributed by atoms with Gasteiger partial charge < -0.3 is 24.1 Å². The van der Waals surface area contributed by atoms with E-state index in [1.807, 2.05) is 43.6 Å². The van der Waals surface area contributed by atoms with Crippen LogP contribution in [-0.4, -0.2) is 52.7 Å². The predicted octanol–water partition coefficient (Wildman–Crippen LogP) is 3.55. The molecular weight excluding hydrogens is 480 g/mol. The first-order valence-corrected chi connectivity index (χ1v) is 12.5. The summed E-state index contributed by atoms with van der Waals surface area (Å²) in [6, 6.07) is 15.1. The van der Waals surface area contributed by atoms with E-state index < -0.39 is 0 Å².